The van der Waals surface area contributed by atoms with Crippen molar-refractivity contribution in [1.29, 1.82) is 0 Å². The molecule has 0 saturated carbocycles. The van der Waals surface area contributed by atoms with Crippen molar-refractivity contribution in [3.63, 3.8) is 0 Å². The Morgan fingerprint density at radius 2 is 1.81 bits per heavy atom. The third-order valence-electron chi connectivity index (χ3n) is 4.20. The normalized spacial score (nSPS) is 13.1. The first-order valence-electron chi connectivity index (χ1n) is 8.15. The van der Waals surface area contributed by atoms with E-state index in [4.69, 9.17) is 14.6 Å². The minimum atomic E-state index is 0.632. The molecule has 4 rings (SSSR count). The molecule has 7 heteroatoms. The highest BCUT2D eigenvalue weighted by Gasteiger charge is 2.23. The highest BCUT2D eigenvalue weighted by Crippen LogP contribution is 2.35. The number of benzene rings is 2. The van der Waals surface area contributed by atoms with E-state index in [1.165, 1.54) is 5.56 Å². The van der Waals surface area contributed by atoms with Gasteiger partial charge < -0.3 is 9.47 Å². The van der Waals surface area contributed by atoms with Gasteiger partial charge in [0, 0.05) is 5.75 Å². The van der Waals surface area contributed by atoms with Crippen LogP contribution in [0, 0.1) is 6.92 Å². The molecule has 26 heavy (non-hydrogen) atoms. The average Bonchev–Trinajstić information content (AvgIpc) is 3.11. The Kier molecular flexibility index (Phi) is 4.38. The van der Waals surface area contributed by atoms with Gasteiger partial charge in [0.25, 0.3) is 0 Å². The van der Waals surface area contributed by atoms with Gasteiger partial charge in [0.2, 0.25) is 5.16 Å². The summed E-state index contributed by atoms with van der Waals surface area (Å²) < 4.78 is 12.6. The molecule has 1 aliphatic rings. The van der Waals surface area contributed by atoms with Crippen LogP contribution >= 0.6 is 11.8 Å². The first-order valence-corrected chi connectivity index (χ1v) is 9.13. The Morgan fingerprint density at radius 1 is 1.00 bits per heavy atom. The highest BCUT2D eigenvalue weighted by atomic mass is 32.2. The van der Waals surface area contributed by atoms with Crippen LogP contribution in [0.5, 0.6) is 11.5 Å². The molecule has 0 amide bonds. The summed E-state index contributed by atoms with van der Waals surface area (Å²) in [6, 6.07) is 14.0. The van der Waals surface area contributed by atoms with E-state index >= 15 is 0 Å². The molecule has 0 spiro atoms. The van der Waals surface area contributed by atoms with Crippen LogP contribution in [0.3, 0.4) is 0 Å². The molecule has 6 nitrogen and oxygen atoms in total. The van der Waals surface area contributed by atoms with Crippen molar-refractivity contribution < 1.29 is 9.47 Å². The number of nitrogens with zero attached hydrogens (tertiary/aromatic N) is 4. The first kappa shape index (κ1) is 16.7. The molecule has 132 valence electrons. The van der Waals surface area contributed by atoms with Crippen LogP contribution in [0.2, 0.25) is 0 Å². The Balaban J connectivity index is 1.82. The number of thioether (sulfide) groups is 1. The number of ether oxygens (including phenoxy) is 2. The molecular weight excluding hydrogens is 348 g/mol. The molecule has 0 saturated heterocycles. The van der Waals surface area contributed by atoms with Crippen molar-refractivity contribution in [3.05, 3.63) is 53.6 Å². The van der Waals surface area contributed by atoms with Crippen molar-refractivity contribution in [2.75, 3.05) is 20.0 Å². The van der Waals surface area contributed by atoms with Gasteiger partial charge >= 0.3 is 0 Å². The predicted molar refractivity (Wildman–Crippen MR) is 102 cm³/mol. The fourth-order valence-electron chi connectivity index (χ4n) is 2.77. The van der Waals surface area contributed by atoms with Crippen LogP contribution in [-0.2, 0) is 0 Å². The minimum absolute atomic E-state index is 0.632. The van der Waals surface area contributed by atoms with E-state index in [2.05, 4.69) is 41.4 Å². The lowest BCUT2D eigenvalue weighted by atomic mass is 10.1. The number of hydrogen-bond acceptors (Lipinski definition) is 6. The third-order valence-corrected chi connectivity index (χ3v) is 5.13. The summed E-state index contributed by atoms with van der Waals surface area (Å²) >= 11 is 1.62. The summed E-state index contributed by atoms with van der Waals surface area (Å²) in [6.45, 7) is 2.08. The molecular formula is C19H18N4O2S. The van der Waals surface area contributed by atoms with E-state index in [1.54, 1.807) is 30.7 Å². The number of hydrogen-bond donors (Lipinski definition) is 0. The van der Waals surface area contributed by atoms with E-state index in [-0.39, 0.29) is 0 Å². The number of rotatable bonds is 4. The van der Waals surface area contributed by atoms with Crippen LogP contribution in [-0.4, -0.2) is 40.6 Å². The molecule has 0 bridgehead atoms. The molecule has 2 aromatic carbocycles. The summed E-state index contributed by atoms with van der Waals surface area (Å²) in [4.78, 5) is 0. The molecule has 0 atom stereocenters. The maximum absolute atomic E-state index is 5.49. The molecule has 0 unspecified atom stereocenters. The Labute approximate surface area is 155 Å². The second-order valence-electron chi connectivity index (χ2n) is 5.89. The average molecular weight is 366 g/mol. The van der Waals surface area contributed by atoms with Crippen molar-refractivity contribution in [2.24, 2.45) is 5.10 Å². The number of aryl methyl sites for hydroxylation is 1. The van der Waals surface area contributed by atoms with Crippen LogP contribution in [0.1, 0.15) is 11.1 Å². The number of methoxy groups -OCH3 is 2. The van der Waals surface area contributed by atoms with Gasteiger partial charge in [0.1, 0.15) is 11.5 Å². The summed E-state index contributed by atoms with van der Waals surface area (Å²) in [7, 11) is 3.27. The standard InChI is InChI=1S/C19H18N4O2S/c1-12-4-6-13(7-5-12)16-11-26-19-21-20-18(23(19)22-16)15-10-14(24-2)8-9-17(15)25-3/h4-10H,11H2,1-3H3. The van der Waals surface area contributed by atoms with Crippen molar-refractivity contribution >= 4 is 17.5 Å². The van der Waals surface area contributed by atoms with Crippen molar-refractivity contribution in [3.8, 4) is 22.9 Å². The summed E-state index contributed by atoms with van der Waals surface area (Å²) in [5.74, 6) is 2.82. The molecule has 1 aromatic heterocycles. The van der Waals surface area contributed by atoms with Crippen LogP contribution in [0.15, 0.2) is 52.7 Å². The summed E-state index contributed by atoms with van der Waals surface area (Å²) in [6.07, 6.45) is 0. The molecule has 0 N–H and O–H groups in total. The second kappa shape index (κ2) is 6.84. The molecule has 0 fully saturated rings. The SMILES string of the molecule is COc1ccc(OC)c(-c2nnc3n2N=C(c2ccc(C)cc2)CS3)c1. The Bertz CT molecular complexity index is 980. The largest absolute Gasteiger partial charge is 0.497 e. The van der Waals surface area contributed by atoms with E-state index in [0.717, 1.165) is 33.5 Å². The molecule has 3 aromatic rings. The second-order valence-corrected chi connectivity index (χ2v) is 6.83. The molecule has 2 heterocycles. The molecule has 1 aliphatic heterocycles. The summed E-state index contributed by atoms with van der Waals surface area (Å²) in [5.41, 5.74) is 4.11. The fourth-order valence-corrected chi connectivity index (χ4v) is 3.61. The van der Waals surface area contributed by atoms with Gasteiger partial charge in [-0.3, -0.25) is 0 Å². The zero-order valence-electron chi connectivity index (χ0n) is 14.8. The maximum atomic E-state index is 5.49. The maximum Gasteiger partial charge on any atom is 0.212 e. The van der Waals surface area contributed by atoms with Gasteiger partial charge in [0.15, 0.2) is 5.82 Å². The van der Waals surface area contributed by atoms with E-state index < -0.39 is 0 Å². The first-order chi connectivity index (χ1) is 12.7. The van der Waals surface area contributed by atoms with E-state index in [9.17, 15) is 0 Å². The van der Waals surface area contributed by atoms with Gasteiger partial charge in [0.05, 0.1) is 25.5 Å². The van der Waals surface area contributed by atoms with Crippen LogP contribution in [0.4, 0.5) is 0 Å². The lowest BCUT2D eigenvalue weighted by molar-refractivity contribution is 0.404. The predicted octanol–water partition coefficient (Wildman–Crippen LogP) is 3.63. The molecule has 0 radical (unpaired) electrons. The van der Waals surface area contributed by atoms with Crippen LogP contribution < -0.4 is 9.47 Å². The van der Waals surface area contributed by atoms with Gasteiger partial charge in [-0.1, -0.05) is 41.6 Å². The topological polar surface area (TPSA) is 61.5 Å². The summed E-state index contributed by atoms with van der Waals surface area (Å²) in [5, 5.41) is 14.2. The van der Waals surface area contributed by atoms with Crippen molar-refractivity contribution in [1.82, 2.24) is 14.9 Å². The monoisotopic (exact) mass is 366 g/mol. The van der Waals surface area contributed by atoms with E-state index in [0.29, 0.717) is 11.6 Å². The van der Waals surface area contributed by atoms with E-state index in [1.807, 2.05) is 18.2 Å². The van der Waals surface area contributed by atoms with Gasteiger partial charge in [-0.05, 0) is 30.7 Å². The Morgan fingerprint density at radius 3 is 2.54 bits per heavy atom. The van der Waals surface area contributed by atoms with Gasteiger partial charge in [-0.15, -0.1) is 10.2 Å². The van der Waals surface area contributed by atoms with Gasteiger partial charge in [-0.2, -0.15) is 9.78 Å². The minimum Gasteiger partial charge on any atom is -0.497 e. The fraction of sp³-hybridized carbons (Fsp3) is 0.211. The lowest BCUT2D eigenvalue weighted by Crippen LogP contribution is -2.13. The van der Waals surface area contributed by atoms with Crippen molar-refractivity contribution in [2.45, 2.75) is 12.1 Å². The molecule has 0 aliphatic carbocycles. The Hall–Kier alpha value is -2.80. The highest BCUT2D eigenvalue weighted by molar-refractivity contribution is 7.99. The third kappa shape index (κ3) is 2.94. The lowest BCUT2D eigenvalue weighted by Gasteiger charge is -2.15. The quantitative estimate of drug-likeness (QED) is 0.706. The smallest absolute Gasteiger partial charge is 0.212 e. The number of fused-ring (bicyclic) bond motifs is 1. The zero-order chi connectivity index (χ0) is 18.1. The number of aromatic nitrogens is 3. The van der Waals surface area contributed by atoms with Crippen LogP contribution in [0.25, 0.3) is 11.4 Å². The zero-order valence-corrected chi connectivity index (χ0v) is 15.6. The van der Waals surface area contributed by atoms with Gasteiger partial charge in [-0.25, -0.2) is 0 Å².